The zero-order valence-corrected chi connectivity index (χ0v) is 13.1. The van der Waals surface area contributed by atoms with Crippen LogP contribution in [0.1, 0.15) is 25.1 Å². The minimum atomic E-state index is 0.304. The molecular weight excluding hydrogens is 264 g/mol. The second-order valence-corrected chi connectivity index (χ2v) is 5.99. The molecule has 3 heterocycles. The molecule has 5 heteroatoms. The van der Waals surface area contributed by atoms with Crippen LogP contribution in [-0.2, 0) is 4.74 Å². The van der Waals surface area contributed by atoms with Gasteiger partial charge in [0, 0.05) is 38.3 Å². The smallest absolute Gasteiger partial charge is 0.0594 e. The van der Waals surface area contributed by atoms with E-state index >= 15 is 0 Å². The number of aromatic nitrogens is 1. The third-order valence-corrected chi connectivity index (χ3v) is 4.74. The highest BCUT2D eigenvalue weighted by Crippen LogP contribution is 2.24. The van der Waals surface area contributed by atoms with E-state index in [1.165, 1.54) is 12.1 Å². The standard InChI is InChI=1S/C16H26N4O/c1-13(17-2)16-4-3-14(11-18-16)20-6-5-15(12-20)19-7-9-21-10-8-19/h3-4,11,13,15,17H,5-10,12H2,1-2H3. The molecule has 2 atom stereocenters. The van der Waals surface area contributed by atoms with Gasteiger partial charge in [-0.25, -0.2) is 0 Å². The highest BCUT2D eigenvalue weighted by Gasteiger charge is 2.28. The van der Waals surface area contributed by atoms with Gasteiger partial charge in [0.25, 0.3) is 0 Å². The highest BCUT2D eigenvalue weighted by molar-refractivity contribution is 5.46. The summed E-state index contributed by atoms with van der Waals surface area (Å²) in [4.78, 5) is 9.63. The number of anilines is 1. The number of hydrogen-bond donors (Lipinski definition) is 1. The van der Waals surface area contributed by atoms with Crippen molar-refractivity contribution < 1.29 is 4.74 Å². The first-order valence-corrected chi connectivity index (χ1v) is 7.98. The van der Waals surface area contributed by atoms with Gasteiger partial charge < -0.3 is 15.0 Å². The Labute approximate surface area is 127 Å². The molecule has 2 unspecified atom stereocenters. The Hall–Kier alpha value is -1.17. The van der Waals surface area contributed by atoms with Crippen LogP contribution in [0.5, 0.6) is 0 Å². The lowest BCUT2D eigenvalue weighted by Crippen LogP contribution is -2.44. The van der Waals surface area contributed by atoms with Crippen LogP contribution in [0.3, 0.4) is 0 Å². The van der Waals surface area contributed by atoms with Gasteiger partial charge in [-0.3, -0.25) is 9.88 Å². The molecule has 1 aromatic heterocycles. The van der Waals surface area contributed by atoms with Crippen LogP contribution in [0, 0.1) is 0 Å². The average Bonchev–Trinajstić information content (AvgIpc) is 3.05. The quantitative estimate of drug-likeness (QED) is 0.904. The predicted octanol–water partition coefficient (Wildman–Crippen LogP) is 1.27. The van der Waals surface area contributed by atoms with Crippen LogP contribution in [0.4, 0.5) is 5.69 Å². The molecule has 0 spiro atoms. The van der Waals surface area contributed by atoms with Crippen LogP contribution in [0.2, 0.25) is 0 Å². The fraction of sp³-hybridized carbons (Fsp3) is 0.688. The lowest BCUT2D eigenvalue weighted by molar-refractivity contribution is 0.0209. The van der Waals surface area contributed by atoms with Gasteiger partial charge in [-0.2, -0.15) is 0 Å². The molecule has 0 radical (unpaired) electrons. The first kappa shape index (κ1) is 14.8. The van der Waals surface area contributed by atoms with E-state index in [1.54, 1.807) is 0 Å². The molecular formula is C16H26N4O. The summed E-state index contributed by atoms with van der Waals surface area (Å²) in [6.45, 7) is 8.30. The molecule has 21 heavy (non-hydrogen) atoms. The Balaban J connectivity index is 1.60. The Morgan fingerprint density at radius 2 is 2.10 bits per heavy atom. The number of ether oxygens (including phenoxy) is 1. The van der Waals surface area contributed by atoms with Crippen molar-refractivity contribution in [3.05, 3.63) is 24.0 Å². The minimum Gasteiger partial charge on any atom is -0.379 e. The zero-order chi connectivity index (χ0) is 14.7. The minimum absolute atomic E-state index is 0.304. The molecule has 2 fully saturated rings. The maximum absolute atomic E-state index is 5.45. The number of morpholine rings is 1. The number of rotatable bonds is 4. The highest BCUT2D eigenvalue weighted by atomic mass is 16.5. The number of nitrogens with zero attached hydrogens (tertiary/aromatic N) is 3. The molecule has 0 saturated carbocycles. The maximum atomic E-state index is 5.45. The van der Waals surface area contributed by atoms with Crippen LogP contribution in [-0.4, -0.2) is 62.4 Å². The summed E-state index contributed by atoms with van der Waals surface area (Å²) in [6.07, 6.45) is 3.26. The van der Waals surface area contributed by atoms with Crippen LogP contribution in [0.15, 0.2) is 18.3 Å². The molecule has 0 aliphatic carbocycles. The molecule has 1 aromatic rings. The van der Waals surface area contributed by atoms with Crippen molar-refractivity contribution in [1.29, 1.82) is 0 Å². The summed E-state index contributed by atoms with van der Waals surface area (Å²) in [7, 11) is 1.97. The zero-order valence-electron chi connectivity index (χ0n) is 13.1. The number of hydrogen-bond acceptors (Lipinski definition) is 5. The van der Waals surface area contributed by atoms with E-state index in [0.29, 0.717) is 12.1 Å². The van der Waals surface area contributed by atoms with Gasteiger partial charge in [-0.05, 0) is 32.5 Å². The first-order valence-electron chi connectivity index (χ1n) is 7.98. The Kier molecular flexibility index (Phi) is 4.73. The van der Waals surface area contributed by atoms with Gasteiger partial charge >= 0.3 is 0 Å². The average molecular weight is 290 g/mol. The lowest BCUT2D eigenvalue weighted by Gasteiger charge is -2.32. The van der Waals surface area contributed by atoms with E-state index in [9.17, 15) is 0 Å². The summed E-state index contributed by atoms with van der Waals surface area (Å²) in [5, 5.41) is 3.23. The molecule has 116 valence electrons. The van der Waals surface area contributed by atoms with Gasteiger partial charge in [0.2, 0.25) is 0 Å². The largest absolute Gasteiger partial charge is 0.379 e. The SMILES string of the molecule is CNC(C)c1ccc(N2CCC(N3CCOCC3)C2)cn1. The molecule has 1 N–H and O–H groups in total. The molecule has 0 bridgehead atoms. The van der Waals surface area contributed by atoms with Gasteiger partial charge in [0.1, 0.15) is 0 Å². The molecule has 5 nitrogen and oxygen atoms in total. The van der Waals surface area contributed by atoms with Crippen molar-refractivity contribution in [3.8, 4) is 0 Å². The molecule has 2 saturated heterocycles. The Morgan fingerprint density at radius 1 is 1.29 bits per heavy atom. The van der Waals surface area contributed by atoms with Crippen molar-refractivity contribution in [3.63, 3.8) is 0 Å². The summed E-state index contributed by atoms with van der Waals surface area (Å²) >= 11 is 0. The van der Waals surface area contributed by atoms with E-state index in [0.717, 1.165) is 45.1 Å². The van der Waals surface area contributed by atoms with Crippen LogP contribution < -0.4 is 10.2 Å². The lowest BCUT2D eigenvalue weighted by atomic mass is 10.2. The Bertz CT molecular complexity index is 444. The summed E-state index contributed by atoms with van der Waals surface area (Å²) < 4.78 is 5.45. The van der Waals surface area contributed by atoms with Gasteiger partial charge in [-0.1, -0.05) is 0 Å². The summed E-state index contributed by atoms with van der Waals surface area (Å²) in [5.74, 6) is 0. The fourth-order valence-electron chi connectivity index (χ4n) is 3.21. The van der Waals surface area contributed by atoms with Crippen LogP contribution in [0.25, 0.3) is 0 Å². The monoisotopic (exact) mass is 290 g/mol. The van der Waals surface area contributed by atoms with E-state index in [1.807, 2.05) is 13.2 Å². The van der Waals surface area contributed by atoms with E-state index in [2.05, 4.69) is 39.2 Å². The third-order valence-electron chi connectivity index (χ3n) is 4.74. The van der Waals surface area contributed by atoms with E-state index in [4.69, 9.17) is 4.74 Å². The van der Waals surface area contributed by atoms with Crippen molar-refractivity contribution in [2.45, 2.75) is 25.4 Å². The molecule has 0 aromatic carbocycles. The van der Waals surface area contributed by atoms with Crippen molar-refractivity contribution in [1.82, 2.24) is 15.2 Å². The molecule has 2 aliphatic rings. The Morgan fingerprint density at radius 3 is 2.76 bits per heavy atom. The van der Waals surface area contributed by atoms with Crippen molar-refractivity contribution >= 4 is 5.69 Å². The van der Waals surface area contributed by atoms with E-state index in [-0.39, 0.29) is 0 Å². The normalized spacial score (nSPS) is 25.2. The second kappa shape index (κ2) is 6.73. The number of nitrogens with one attached hydrogen (secondary N) is 1. The van der Waals surface area contributed by atoms with E-state index < -0.39 is 0 Å². The molecule has 0 amide bonds. The maximum Gasteiger partial charge on any atom is 0.0594 e. The van der Waals surface area contributed by atoms with Gasteiger partial charge in [-0.15, -0.1) is 0 Å². The van der Waals surface area contributed by atoms with Crippen molar-refractivity contribution in [2.75, 3.05) is 51.3 Å². The summed E-state index contributed by atoms with van der Waals surface area (Å²) in [5.41, 5.74) is 2.35. The number of pyridine rings is 1. The fourth-order valence-corrected chi connectivity index (χ4v) is 3.21. The van der Waals surface area contributed by atoms with Gasteiger partial charge in [0.15, 0.2) is 0 Å². The third kappa shape index (κ3) is 3.36. The second-order valence-electron chi connectivity index (χ2n) is 5.99. The molecule has 3 rings (SSSR count). The first-order chi connectivity index (χ1) is 10.3. The predicted molar refractivity (Wildman–Crippen MR) is 84.7 cm³/mol. The summed E-state index contributed by atoms with van der Waals surface area (Å²) in [6, 6.07) is 5.32. The van der Waals surface area contributed by atoms with Crippen molar-refractivity contribution in [2.24, 2.45) is 0 Å². The van der Waals surface area contributed by atoms with Crippen LogP contribution >= 0.6 is 0 Å². The molecule has 2 aliphatic heterocycles. The van der Waals surface area contributed by atoms with Gasteiger partial charge in [0.05, 0.1) is 30.8 Å². The topological polar surface area (TPSA) is 40.6 Å².